The number of para-hydroxylation sites is 1. The molecule has 0 atom stereocenters. The quantitative estimate of drug-likeness (QED) is 0.679. The Morgan fingerprint density at radius 2 is 2.18 bits per heavy atom. The van der Waals surface area contributed by atoms with Crippen LogP contribution in [0.2, 0.25) is 0 Å². The van der Waals surface area contributed by atoms with Gasteiger partial charge in [-0.3, -0.25) is 9.78 Å². The van der Waals surface area contributed by atoms with Gasteiger partial charge in [-0.15, -0.1) is 22.7 Å². The van der Waals surface area contributed by atoms with Gasteiger partial charge in [0, 0.05) is 6.20 Å². The van der Waals surface area contributed by atoms with E-state index < -0.39 is 0 Å². The van der Waals surface area contributed by atoms with E-state index in [1.807, 2.05) is 24.3 Å². The van der Waals surface area contributed by atoms with Crippen molar-refractivity contribution in [2.24, 2.45) is 0 Å². The summed E-state index contributed by atoms with van der Waals surface area (Å²) < 4.78 is 1.12. The van der Waals surface area contributed by atoms with Crippen LogP contribution in [-0.2, 0) is 6.42 Å². The summed E-state index contributed by atoms with van der Waals surface area (Å²) in [6, 6.07) is 7.92. The molecule has 0 saturated carbocycles. The van der Waals surface area contributed by atoms with Crippen molar-refractivity contribution in [3.05, 3.63) is 45.9 Å². The highest BCUT2D eigenvalue weighted by atomic mass is 32.1. The van der Waals surface area contributed by atoms with Gasteiger partial charge in [0.1, 0.15) is 5.01 Å². The van der Waals surface area contributed by atoms with Crippen LogP contribution in [-0.4, -0.2) is 15.8 Å². The molecular weight excluding hydrogens is 252 g/mol. The first-order valence-corrected chi connectivity index (χ1v) is 6.79. The molecule has 0 N–H and O–H groups in total. The molecule has 2 aromatic heterocycles. The molecule has 17 heavy (non-hydrogen) atoms. The molecule has 0 radical (unpaired) electrons. The number of benzene rings is 1. The van der Waals surface area contributed by atoms with Crippen LogP contribution in [0.5, 0.6) is 0 Å². The Labute approximate surface area is 106 Å². The minimum Gasteiger partial charge on any atom is -0.293 e. The van der Waals surface area contributed by atoms with Gasteiger partial charge < -0.3 is 0 Å². The second-order valence-corrected chi connectivity index (χ2v) is 5.54. The Balaban J connectivity index is 1.88. The van der Waals surface area contributed by atoms with Crippen molar-refractivity contribution >= 4 is 38.7 Å². The van der Waals surface area contributed by atoms with Crippen molar-refractivity contribution in [2.45, 2.75) is 6.42 Å². The van der Waals surface area contributed by atoms with Gasteiger partial charge in [0.2, 0.25) is 0 Å². The summed E-state index contributed by atoms with van der Waals surface area (Å²) in [6.07, 6.45) is 1.97. The summed E-state index contributed by atoms with van der Waals surface area (Å²) in [5.41, 5.74) is 2.63. The fourth-order valence-corrected chi connectivity index (χ4v) is 3.10. The van der Waals surface area contributed by atoms with Crippen LogP contribution in [0.4, 0.5) is 0 Å². The van der Waals surface area contributed by atoms with Gasteiger partial charge in [-0.1, -0.05) is 12.1 Å². The number of carbonyl (C=O) groups excluding carboxylic acids is 1. The zero-order valence-electron chi connectivity index (χ0n) is 8.79. The zero-order valence-corrected chi connectivity index (χ0v) is 10.4. The van der Waals surface area contributed by atoms with Crippen molar-refractivity contribution < 1.29 is 4.79 Å². The number of nitrogens with zero attached hydrogens (tertiary/aromatic N) is 2. The number of hydrogen-bond acceptors (Lipinski definition) is 5. The Kier molecular flexibility index (Phi) is 2.70. The van der Waals surface area contributed by atoms with Gasteiger partial charge in [0.05, 0.1) is 27.0 Å². The summed E-state index contributed by atoms with van der Waals surface area (Å²) in [5, 5.41) is 0.865. The third kappa shape index (κ3) is 2.11. The number of carbonyl (C=O) groups is 1. The van der Waals surface area contributed by atoms with E-state index in [-0.39, 0.29) is 5.78 Å². The fourth-order valence-electron chi connectivity index (χ4n) is 1.57. The minimum absolute atomic E-state index is 0.0894. The Morgan fingerprint density at radius 3 is 2.94 bits per heavy atom. The predicted molar refractivity (Wildman–Crippen MR) is 69.8 cm³/mol. The van der Waals surface area contributed by atoms with Crippen LogP contribution in [0.15, 0.2) is 36.0 Å². The van der Waals surface area contributed by atoms with Crippen molar-refractivity contribution in [3.63, 3.8) is 0 Å². The summed E-state index contributed by atoms with van der Waals surface area (Å²) in [5.74, 6) is 0.0894. The molecule has 0 bridgehead atoms. The average molecular weight is 260 g/mol. The molecular formula is C12H8N2OS2. The molecule has 0 fully saturated rings. The number of aromatic nitrogens is 2. The number of fused-ring (bicyclic) bond motifs is 1. The lowest BCUT2D eigenvalue weighted by Gasteiger charge is -1.91. The monoisotopic (exact) mass is 260 g/mol. The van der Waals surface area contributed by atoms with Gasteiger partial charge in [0.15, 0.2) is 5.78 Å². The Bertz CT molecular complexity index is 625. The smallest absolute Gasteiger partial charge is 0.181 e. The molecule has 3 rings (SSSR count). The average Bonchev–Trinajstić information content (AvgIpc) is 2.97. The Hall–Kier alpha value is -1.59. The SMILES string of the molecule is O=C(Cc1nc2ccccc2s1)c1cncs1. The van der Waals surface area contributed by atoms with E-state index in [0.29, 0.717) is 11.3 Å². The van der Waals surface area contributed by atoms with Gasteiger partial charge in [-0.2, -0.15) is 0 Å². The fraction of sp³-hybridized carbons (Fsp3) is 0.0833. The van der Waals surface area contributed by atoms with Crippen LogP contribution < -0.4 is 0 Å². The van der Waals surface area contributed by atoms with Crippen molar-refractivity contribution in [2.75, 3.05) is 0 Å². The Morgan fingerprint density at radius 1 is 1.29 bits per heavy atom. The molecule has 0 unspecified atom stereocenters. The minimum atomic E-state index is 0.0894. The van der Waals surface area contributed by atoms with Gasteiger partial charge in [-0.25, -0.2) is 4.98 Å². The van der Waals surface area contributed by atoms with E-state index in [2.05, 4.69) is 9.97 Å². The number of ketones is 1. The summed E-state index contributed by atoms with van der Waals surface area (Å²) >= 11 is 2.95. The third-order valence-electron chi connectivity index (χ3n) is 2.36. The maximum absolute atomic E-state index is 11.9. The molecule has 0 spiro atoms. The topological polar surface area (TPSA) is 42.9 Å². The van der Waals surface area contributed by atoms with Crippen molar-refractivity contribution in [1.82, 2.24) is 9.97 Å². The highest BCUT2D eigenvalue weighted by molar-refractivity contribution is 7.18. The number of Topliss-reactive ketones (excluding diaryl/α,β-unsaturated/α-hetero) is 1. The standard InChI is InChI=1S/C12H8N2OS2/c15-9(11-6-13-7-16-11)5-12-14-8-3-1-2-4-10(8)17-12/h1-4,6-7H,5H2. The molecule has 3 nitrogen and oxygen atoms in total. The molecule has 0 saturated heterocycles. The second kappa shape index (κ2) is 4.35. The van der Waals surface area contributed by atoms with E-state index >= 15 is 0 Å². The number of thiazole rings is 2. The van der Waals surface area contributed by atoms with Crippen LogP contribution in [0.25, 0.3) is 10.2 Å². The summed E-state index contributed by atoms with van der Waals surface area (Å²) in [7, 11) is 0. The van der Waals surface area contributed by atoms with Crippen LogP contribution >= 0.6 is 22.7 Å². The zero-order chi connectivity index (χ0) is 11.7. The van der Waals surface area contributed by atoms with Gasteiger partial charge in [0.25, 0.3) is 0 Å². The van der Waals surface area contributed by atoms with Crippen molar-refractivity contribution in [3.8, 4) is 0 Å². The number of rotatable bonds is 3. The first-order chi connectivity index (χ1) is 8.33. The predicted octanol–water partition coefficient (Wildman–Crippen LogP) is 3.18. The molecule has 3 aromatic rings. The normalized spacial score (nSPS) is 10.8. The summed E-state index contributed by atoms with van der Waals surface area (Å²) in [6.45, 7) is 0. The molecule has 0 aliphatic carbocycles. The first kappa shape index (κ1) is 10.6. The van der Waals surface area contributed by atoms with Gasteiger partial charge in [-0.05, 0) is 12.1 Å². The molecule has 0 aliphatic heterocycles. The molecule has 5 heteroatoms. The van der Waals surface area contributed by atoms with E-state index in [9.17, 15) is 4.79 Å². The maximum Gasteiger partial charge on any atom is 0.181 e. The lowest BCUT2D eigenvalue weighted by Crippen LogP contribution is -2.00. The lowest BCUT2D eigenvalue weighted by molar-refractivity contribution is 0.0996. The lowest BCUT2D eigenvalue weighted by atomic mass is 10.2. The molecule has 84 valence electrons. The van der Waals surface area contributed by atoms with Crippen LogP contribution in [0.1, 0.15) is 14.7 Å². The maximum atomic E-state index is 11.9. The highest BCUT2D eigenvalue weighted by Crippen LogP contribution is 2.23. The summed E-state index contributed by atoms with van der Waals surface area (Å²) in [4.78, 5) is 20.9. The first-order valence-electron chi connectivity index (χ1n) is 5.09. The second-order valence-electron chi connectivity index (χ2n) is 3.54. The molecule has 0 aliphatic rings. The van der Waals surface area contributed by atoms with E-state index in [4.69, 9.17) is 0 Å². The van der Waals surface area contributed by atoms with Gasteiger partial charge >= 0.3 is 0 Å². The van der Waals surface area contributed by atoms with Crippen LogP contribution in [0.3, 0.4) is 0 Å². The largest absolute Gasteiger partial charge is 0.293 e. The van der Waals surface area contributed by atoms with E-state index in [1.54, 1.807) is 23.0 Å². The third-order valence-corrected chi connectivity index (χ3v) is 4.21. The number of hydrogen-bond donors (Lipinski definition) is 0. The van der Waals surface area contributed by atoms with E-state index in [0.717, 1.165) is 15.2 Å². The van der Waals surface area contributed by atoms with Crippen LogP contribution in [0, 0.1) is 0 Å². The van der Waals surface area contributed by atoms with E-state index in [1.165, 1.54) is 11.3 Å². The molecule has 1 aromatic carbocycles. The highest BCUT2D eigenvalue weighted by Gasteiger charge is 2.11. The molecule has 2 heterocycles. The molecule has 0 amide bonds. The van der Waals surface area contributed by atoms with Crippen molar-refractivity contribution in [1.29, 1.82) is 0 Å².